The highest BCUT2D eigenvalue weighted by molar-refractivity contribution is 5.93. The van der Waals surface area contributed by atoms with E-state index in [1.807, 2.05) is 42.2 Å². The molecule has 0 radical (unpaired) electrons. The molecule has 2 aromatic heterocycles. The van der Waals surface area contributed by atoms with Crippen LogP contribution in [-0.4, -0.2) is 70.6 Å². The molecule has 0 aliphatic carbocycles. The average molecular weight is 589 g/mol. The summed E-state index contributed by atoms with van der Waals surface area (Å²) in [5.74, 6) is 1.25. The number of methoxy groups -OCH3 is 2. The third kappa shape index (κ3) is 5.04. The molecule has 0 amide bonds. The predicted octanol–water partition coefficient (Wildman–Crippen LogP) is 3.11. The molecule has 0 spiro atoms. The number of rotatable bonds is 6. The largest absolute Gasteiger partial charge is 0.493 e. The van der Waals surface area contributed by atoms with Gasteiger partial charge >= 0.3 is 11.7 Å². The van der Waals surface area contributed by atoms with Crippen LogP contribution in [0, 0.1) is 12.8 Å². The van der Waals surface area contributed by atoms with Gasteiger partial charge in [0.05, 0.1) is 36.6 Å². The van der Waals surface area contributed by atoms with Gasteiger partial charge in [0.2, 0.25) is 5.95 Å². The van der Waals surface area contributed by atoms with Crippen LogP contribution in [0.5, 0.6) is 11.5 Å². The number of nitrogens with zero attached hydrogens (tertiary/aromatic N) is 6. The van der Waals surface area contributed by atoms with E-state index < -0.39 is 5.97 Å². The van der Waals surface area contributed by atoms with E-state index in [0.717, 1.165) is 16.8 Å². The van der Waals surface area contributed by atoms with Gasteiger partial charge in [-0.1, -0.05) is 11.6 Å². The van der Waals surface area contributed by atoms with Crippen LogP contribution in [0.2, 0.25) is 0 Å². The lowest BCUT2D eigenvalue weighted by atomic mass is 9.97. The molecule has 6 rings (SSSR count). The number of hydrogen-bond acceptors (Lipinski definition) is 9. The smallest absolute Gasteiger partial charge is 0.331 e. The Morgan fingerprint density at radius 3 is 2.19 bits per heavy atom. The first-order chi connectivity index (χ1) is 20.7. The minimum Gasteiger partial charge on any atom is -0.493 e. The minimum atomic E-state index is -0.769. The maximum atomic E-state index is 13.5. The van der Waals surface area contributed by atoms with Crippen LogP contribution in [0.1, 0.15) is 37.3 Å². The highest BCUT2D eigenvalue weighted by Gasteiger charge is 2.30. The van der Waals surface area contributed by atoms with Gasteiger partial charge in [-0.15, -0.1) is 0 Å². The lowest BCUT2D eigenvalue weighted by molar-refractivity contribution is -0.142. The number of anilines is 2. The molecule has 4 heterocycles. The van der Waals surface area contributed by atoms with Gasteiger partial charge in [-0.25, -0.2) is 9.78 Å². The van der Waals surface area contributed by atoms with Crippen LogP contribution in [-0.2, 0) is 11.8 Å². The third-order valence-electron chi connectivity index (χ3n) is 8.88. The summed E-state index contributed by atoms with van der Waals surface area (Å²) in [4.78, 5) is 52.5. The fraction of sp³-hybridized carbons (Fsp3) is 0.452. The van der Waals surface area contributed by atoms with Gasteiger partial charge in [0.25, 0.3) is 5.56 Å². The number of fused-ring (bicyclic) bond motifs is 2. The summed E-state index contributed by atoms with van der Waals surface area (Å²) in [6.45, 7) is 4.18. The zero-order valence-electron chi connectivity index (χ0n) is 24.9. The molecule has 0 unspecified atom stereocenters. The second-order valence-electron chi connectivity index (χ2n) is 11.4. The number of carboxylic acids is 1. The molecular formula is C31H36N6O6. The Labute approximate surface area is 248 Å². The Kier molecular flexibility index (Phi) is 7.45. The maximum absolute atomic E-state index is 13.5. The Morgan fingerprint density at radius 1 is 0.884 bits per heavy atom. The van der Waals surface area contributed by atoms with E-state index >= 15 is 0 Å². The van der Waals surface area contributed by atoms with Gasteiger partial charge in [0.15, 0.2) is 11.5 Å². The maximum Gasteiger partial charge on any atom is 0.331 e. The fourth-order valence-corrected chi connectivity index (χ4v) is 6.39. The number of hydrogen-bond donors (Lipinski definition) is 1. The summed E-state index contributed by atoms with van der Waals surface area (Å²) in [6.07, 6.45) is 2.23. The van der Waals surface area contributed by atoms with Crippen LogP contribution in [0.3, 0.4) is 0 Å². The van der Waals surface area contributed by atoms with Crippen LogP contribution >= 0.6 is 0 Å². The first-order valence-electron chi connectivity index (χ1n) is 14.6. The lowest BCUT2D eigenvalue weighted by Gasteiger charge is -2.35. The van der Waals surface area contributed by atoms with E-state index in [-0.39, 0.29) is 23.2 Å². The van der Waals surface area contributed by atoms with Gasteiger partial charge in [0, 0.05) is 50.7 Å². The highest BCUT2D eigenvalue weighted by atomic mass is 16.5. The third-order valence-corrected chi connectivity index (χ3v) is 8.88. The summed E-state index contributed by atoms with van der Waals surface area (Å²) < 4.78 is 14.1. The summed E-state index contributed by atoms with van der Waals surface area (Å²) >= 11 is 0. The van der Waals surface area contributed by atoms with Crippen LogP contribution in [0.4, 0.5) is 11.8 Å². The summed E-state index contributed by atoms with van der Waals surface area (Å²) in [5.41, 5.74) is 1.73. The van der Waals surface area contributed by atoms with Crippen molar-refractivity contribution in [2.75, 3.05) is 50.2 Å². The zero-order valence-corrected chi connectivity index (χ0v) is 24.9. The first-order valence-corrected chi connectivity index (χ1v) is 14.6. The molecule has 2 saturated heterocycles. The van der Waals surface area contributed by atoms with E-state index in [0.29, 0.717) is 85.7 Å². The molecule has 0 atom stereocenters. The molecule has 12 heteroatoms. The molecule has 12 nitrogen and oxygen atoms in total. The van der Waals surface area contributed by atoms with Crippen molar-refractivity contribution in [3.63, 3.8) is 0 Å². The number of carboxylic acid groups (broad SMARTS) is 1. The quantitative estimate of drug-likeness (QED) is 0.358. The first kappa shape index (κ1) is 28.5. The normalized spacial score (nSPS) is 16.7. The standard InChI is InChI=1S/C31H36N6O6/c1-18-5-6-24-22(15-18)28(38)37(31(41)34(24)2)20-9-13-35(14-10-20)27-21-16-25(42-3)26(43-4)17-23(21)32-30(33-27)36-11-7-19(8-12-36)29(39)40/h5-6,15-17,19-20H,7-14H2,1-4H3,(H,39,40). The second-order valence-corrected chi connectivity index (χ2v) is 11.4. The Bertz CT molecular complexity index is 1830. The number of aliphatic carboxylic acids is 1. The van der Waals surface area contributed by atoms with Crippen molar-refractivity contribution in [1.29, 1.82) is 0 Å². The second kappa shape index (κ2) is 11.2. The number of aromatic nitrogens is 4. The van der Waals surface area contributed by atoms with Crippen molar-refractivity contribution >= 4 is 39.5 Å². The van der Waals surface area contributed by atoms with Gasteiger partial charge in [-0.3, -0.25) is 18.7 Å². The molecule has 1 N–H and O–H groups in total. The molecule has 0 bridgehead atoms. The van der Waals surface area contributed by atoms with E-state index in [4.69, 9.17) is 19.4 Å². The average Bonchev–Trinajstić information content (AvgIpc) is 3.03. The van der Waals surface area contributed by atoms with E-state index in [2.05, 4.69) is 4.90 Å². The molecule has 2 aromatic carbocycles. The lowest BCUT2D eigenvalue weighted by Crippen LogP contribution is -2.45. The Balaban J connectivity index is 1.35. The van der Waals surface area contributed by atoms with E-state index in [1.165, 1.54) is 4.57 Å². The predicted molar refractivity (Wildman–Crippen MR) is 164 cm³/mol. The monoisotopic (exact) mass is 588 g/mol. The molecule has 43 heavy (non-hydrogen) atoms. The van der Waals surface area contributed by atoms with Gasteiger partial charge in [0.1, 0.15) is 5.82 Å². The molecule has 0 saturated carbocycles. The van der Waals surface area contributed by atoms with E-state index in [1.54, 1.807) is 25.8 Å². The van der Waals surface area contributed by atoms with Crippen molar-refractivity contribution in [1.82, 2.24) is 19.1 Å². The number of carbonyl (C=O) groups is 1. The minimum absolute atomic E-state index is 0.246. The van der Waals surface area contributed by atoms with Crippen LogP contribution < -0.4 is 30.5 Å². The summed E-state index contributed by atoms with van der Waals surface area (Å²) in [7, 11) is 4.87. The molecular weight excluding hydrogens is 552 g/mol. The van der Waals surface area contributed by atoms with Crippen molar-refractivity contribution in [3.05, 3.63) is 56.7 Å². The molecule has 2 aliphatic rings. The number of piperidine rings is 2. The zero-order chi connectivity index (χ0) is 30.4. The Hall–Kier alpha value is -4.61. The SMILES string of the molecule is COc1cc2nc(N3CCC(C(=O)O)CC3)nc(N3CCC(n4c(=O)c5cc(C)ccc5n(C)c4=O)CC3)c2cc1OC. The molecule has 226 valence electrons. The highest BCUT2D eigenvalue weighted by Crippen LogP contribution is 2.38. The van der Waals surface area contributed by atoms with Gasteiger partial charge < -0.3 is 24.4 Å². The Morgan fingerprint density at radius 2 is 1.53 bits per heavy atom. The number of aryl methyl sites for hydroxylation is 2. The summed E-state index contributed by atoms with van der Waals surface area (Å²) in [5, 5.41) is 10.8. The summed E-state index contributed by atoms with van der Waals surface area (Å²) in [6, 6.07) is 9.04. The molecule has 4 aromatic rings. The van der Waals surface area contributed by atoms with Crippen molar-refractivity contribution < 1.29 is 19.4 Å². The van der Waals surface area contributed by atoms with Crippen LogP contribution in [0.15, 0.2) is 39.9 Å². The van der Waals surface area contributed by atoms with Crippen molar-refractivity contribution in [2.24, 2.45) is 13.0 Å². The van der Waals surface area contributed by atoms with Gasteiger partial charge in [-0.2, -0.15) is 4.98 Å². The van der Waals surface area contributed by atoms with Crippen LogP contribution in [0.25, 0.3) is 21.8 Å². The van der Waals surface area contributed by atoms with Gasteiger partial charge in [-0.05, 0) is 50.8 Å². The molecule has 2 fully saturated rings. The van der Waals surface area contributed by atoms with E-state index in [9.17, 15) is 19.5 Å². The number of benzene rings is 2. The van der Waals surface area contributed by atoms with Crippen molar-refractivity contribution in [3.8, 4) is 11.5 Å². The number of ether oxygens (including phenoxy) is 2. The topological polar surface area (TPSA) is 132 Å². The fourth-order valence-electron chi connectivity index (χ4n) is 6.39. The van der Waals surface area contributed by atoms with Crippen molar-refractivity contribution in [2.45, 2.75) is 38.6 Å². The molecule has 2 aliphatic heterocycles.